The molecule has 0 saturated heterocycles. The largest absolute Gasteiger partial charge is 0.338 e. The van der Waals surface area contributed by atoms with Gasteiger partial charge >= 0.3 is 0 Å². The third kappa shape index (κ3) is 4.17. The van der Waals surface area contributed by atoms with Crippen LogP contribution >= 0.6 is 23.5 Å². The second-order valence-electron chi connectivity index (χ2n) is 4.65. The zero-order valence-electron chi connectivity index (χ0n) is 10.8. The summed E-state index contributed by atoms with van der Waals surface area (Å²) in [5.41, 5.74) is 6.00. The second kappa shape index (κ2) is 7.40. The molecule has 1 aliphatic rings. The number of hydrogen-bond donors (Lipinski definition) is 1. The van der Waals surface area contributed by atoms with Crippen LogP contribution in [0.3, 0.4) is 0 Å². The maximum absolute atomic E-state index is 6.00. The van der Waals surface area contributed by atoms with Crippen LogP contribution in [0.25, 0.3) is 0 Å². The minimum absolute atomic E-state index is 0.116. The highest BCUT2D eigenvalue weighted by molar-refractivity contribution is 7.99. The normalized spacial score (nSPS) is 18.3. The zero-order chi connectivity index (χ0) is 12.8. The van der Waals surface area contributed by atoms with E-state index in [4.69, 9.17) is 10.3 Å². The van der Waals surface area contributed by atoms with E-state index in [0.717, 1.165) is 29.0 Å². The van der Waals surface area contributed by atoms with Crippen LogP contribution in [-0.4, -0.2) is 27.4 Å². The summed E-state index contributed by atoms with van der Waals surface area (Å²) in [6.45, 7) is 0. The van der Waals surface area contributed by atoms with E-state index in [1.165, 1.54) is 25.7 Å². The number of thioether (sulfide) groups is 2. The summed E-state index contributed by atoms with van der Waals surface area (Å²) in [5.74, 6) is 3.26. The molecule has 2 rings (SSSR count). The fourth-order valence-corrected chi connectivity index (χ4v) is 3.75. The number of rotatable bonds is 7. The van der Waals surface area contributed by atoms with Gasteiger partial charge in [0.2, 0.25) is 5.89 Å². The Morgan fingerprint density at radius 3 is 2.94 bits per heavy atom. The minimum Gasteiger partial charge on any atom is -0.338 e. The molecular weight excluding hydrogens is 266 g/mol. The highest BCUT2D eigenvalue weighted by atomic mass is 32.2. The van der Waals surface area contributed by atoms with Crippen LogP contribution in [0.15, 0.2) is 4.52 Å². The van der Waals surface area contributed by atoms with Crippen molar-refractivity contribution in [3.63, 3.8) is 0 Å². The van der Waals surface area contributed by atoms with Gasteiger partial charge < -0.3 is 10.3 Å². The van der Waals surface area contributed by atoms with E-state index in [1.54, 1.807) is 11.8 Å². The molecule has 1 aliphatic carbocycles. The average molecular weight is 287 g/mol. The van der Waals surface area contributed by atoms with Crippen molar-refractivity contribution < 1.29 is 4.52 Å². The van der Waals surface area contributed by atoms with Crippen LogP contribution in [0.2, 0.25) is 0 Å². The van der Waals surface area contributed by atoms with Gasteiger partial charge in [-0.3, -0.25) is 0 Å². The Morgan fingerprint density at radius 2 is 2.22 bits per heavy atom. The Morgan fingerprint density at radius 1 is 1.44 bits per heavy atom. The first-order valence-corrected chi connectivity index (χ1v) is 8.92. The lowest BCUT2D eigenvalue weighted by molar-refractivity contribution is 0.350. The summed E-state index contributed by atoms with van der Waals surface area (Å²) in [4.78, 5) is 4.39. The van der Waals surface area contributed by atoms with Gasteiger partial charge in [0, 0.05) is 5.25 Å². The van der Waals surface area contributed by atoms with Gasteiger partial charge in [0.15, 0.2) is 5.82 Å². The molecule has 1 fully saturated rings. The van der Waals surface area contributed by atoms with Gasteiger partial charge in [0.1, 0.15) is 0 Å². The highest BCUT2D eigenvalue weighted by Crippen LogP contribution is 2.31. The molecule has 0 bridgehead atoms. The third-order valence-corrected chi connectivity index (χ3v) is 5.20. The van der Waals surface area contributed by atoms with Gasteiger partial charge in [-0.05, 0) is 31.3 Å². The first-order valence-electron chi connectivity index (χ1n) is 6.48. The monoisotopic (exact) mass is 287 g/mol. The van der Waals surface area contributed by atoms with Gasteiger partial charge in [0.05, 0.1) is 11.8 Å². The minimum atomic E-state index is -0.116. The fraction of sp³-hybridized carbons (Fsp3) is 0.833. The fourth-order valence-electron chi connectivity index (χ4n) is 2.09. The van der Waals surface area contributed by atoms with Crippen molar-refractivity contribution in [3.8, 4) is 0 Å². The Labute approximate surface area is 117 Å². The standard InChI is InChI=1S/C12H21N3OS2/c1-17-7-6-10(13)12-14-11(15-16-12)8-18-9-4-2-3-5-9/h9-10H,2-8,13H2,1H3/t10-/m1/s1. The Balaban J connectivity index is 1.77. The summed E-state index contributed by atoms with van der Waals surface area (Å²) in [6.07, 6.45) is 8.37. The lowest BCUT2D eigenvalue weighted by Gasteiger charge is -2.05. The maximum atomic E-state index is 6.00. The van der Waals surface area contributed by atoms with Crippen molar-refractivity contribution in [3.05, 3.63) is 11.7 Å². The molecule has 1 aromatic rings. The first-order chi connectivity index (χ1) is 8.79. The average Bonchev–Trinajstić information content (AvgIpc) is 3.04. The summed E-state index contributed by atoms with van der Waals surface area (Å²) in [7, 11) is 0. The van der Waals surface area contributed by atoms with Crippen LogP contribution in [0.5, 0.6) is 0 Å². The first kappa shape index (κ1) is 14.2. The second-order valence-corrected chi connectivity index (χ2v) is 6.93. The molecule has 0 aliphatic heterocycles. The van der Waals surface area contributed by atoms with Gasteiger partial charge in [-0.1, -0.05) is 18.0 Å². The van der Waals surface area contributed by atoms with Crippen LogP contribution in [0.4, 0.5) is 0 Å². The van der Waals surface area contributed by atoms with Crippen molar-refractivity contribution >= 4 is 23.5 Å². The summed E-state index contributed by atoms with van der Waals surface area (Å²) in [6, 6.07) is -0.116. The maximum Gasteiger partial charge on any atom is 0.243 e. The molecule has 4 nitrogen and oxygen atoms in total. The molecule has 0 aromatic carbocycles. The molecule has 0 unspecified atom stereocenters. The molecule has 102 valence electrons. The lowest BCUT2D eigenvalue weighted by atomic mass is 10.2. The highest BCUT2D eigenvalue weighted by Gasteiger charge is 2.18. The van der Waals surface area contributed by atoms with Crippen LogP contribution in [-0.2, 0) is 5.75 Å². The van der Waals surface area contributed by atoms with E-state index in [1.807, 2.05) is 11.8 Å². The summed E-state index contributed by atoms with van der Waals surface area (Å²) < 4.78 is 5.23. The predicted octanol–water partition coefficient (Wildman–Crippen LogP) is 3.00. The van der Waals surface area contributed by atoms with Crippen molar-refractivity contribution in [2.45, 2.75) is 49.1 Å². The molecule has 0 amide bonds. The summed E-state index contributed by atoms with van der Waals surface area (Å²) in [5, 5.41) is 4.80. The van der Waals surface area contributed by atoms with Gasteiger partial charge in [-0.15, -0.1) is 0 Å². The smallest absolute Gasteiger partial charge is 0.243 e. The molecule has 1 aromatic heterocycles. The predicted molar refractivity (Wildman–Crippen MR) is 77.8 cm³/mol. The molecule has 1 saturated carbocycles. The molecular formula is C12H21N3OS2. The van der Waals surface area contributed by atoms with E-state index < -0.39 is 0 Å². The van der Waals surface area contributed by atoms with E-state index in [0.29, 0.717) is 5.89 Å². The number of nitrogens with two attached hydrogens (primary N) is 1. The molecule has 6 heteroatoms. The van der Waals surface area contributed by atoms with E-state index in [2.05, 4.69) is 16.4 Å². The van der Waals surface area contributed by atoms with Crippen molar-refractivity contribution in [2.24, 2.45) is 5.73 Å². The summed E-state index contributed by atoms with van der Waals surface area (Å²) >= 11 is 3.73. The zero-order valence-corrected chi connectivity index (χ0v) is 12.4. The quantitative estimate of drug-likeness (QED) is 0.831. The molecule has 18 heavy (non-hydrogen) atoms. The van der Waals surface area contributed by atoms with Gasteiger partial charge in [-0.2, -0.15) is 28.5 Å². The Bertz CT molecular complexity index is 353. The van der Waals surface area contributed by atoms with Crippen molar-refractivity contribution in [1.29, 1.82) is 0 Å². The number of nitrogens with zero attached hydrogens (tertiary/aromatic N) is 2. The van der Waals surface area contributed by atoms with Gasteiger partial charge in [0.25, 0.3) is 0 Å². The number of aromatic nitrogens is 2. The molecule has 1 heterocycles. The van der Waals surface area contributed by atoms with Crippen LogP contribution < -0.4 is 5.73 Å². The molecule has 0 spiro atoms. The Hall–Kier alpha value is -0.200. The Kier molecular flexibility index (Phi) is 5.85. The molecule has 0 radical (unpaired) electrons. The van der Waals surface area contributed by atoms with E-state index in [9.17, 15) is 0 Å². The van der Waals surface area contributed by atoms with Crippen molar-refractivity contribution in [1.82, 2.24) is 10.1 Å². The van der Waals surface area contributed by atoms with Crippen LogP contribution in [0, 0.1) is 0 Å². The third-order valence-electron chi connectivity index (χ3n) is 3.18. The topological polar surface area (TPSA) is 64.9 Å². The SMILES string of the molecule is CSCC[C@@H](N)c1nc(CSC2CCCC2)no1. The van der Waals surface area contributed by atoms with Gasteiger partial charge in [-0.25, -0.2) is 0 Å². The van der Waals surface area contributed by atoms with Crippen molar-refractivity contribution in [2.75, 3.05) is 12.0 Å². The van der Waals surface area contributed by atoms with E-state index in [-0.39, 0.29) is 6.04 Å². The number of hydrogen-bond acceptors (Lipinski definition) is 6. The van der Waals surface area contributed by atoms with Crippen LogP contribution in [0.1, 0.15) is 49.9 Å². The van der Waals surface area contributed by atoms with E-state index >= 15 is 0 Å². The molecule has 2 N–H and O–H groups in total. The lowest BCUT2D eigenvalue weighted by Crippen LogP contribution is -2.11. The molecule has 1 atom stereocenters.